The maximum absolute atomic E-state index is 9.19. The standard InChI is InChI=1S/C14H19N3/c1-2-4-13-12(11-15)5-3-6-14(13)17-9-7-16-8-10-17/h3,5-6,16H,2,4,7-10H2,1H3. The van der Waals surface area contributed by atoms with E-state index in [4.69, 9.17) is 0 Å². The van der Waals surface area contributed by atoms with Crippen LogP contribution in [0.1, 0.15) is 24.5 Å². The number of piperazine rings is 1. The lowest BCUT2D eigenvalue weighted by molar-refractivity contribution is 0.587. The van der Waals surface area contributed by atoms with Crippen molar-refractivity contribution in [2.75, 3.05) is 31.1 Å². The van der Waals surface area contributed by atoms with E-state index in [0.29, 0.717) is 0 Å². The first-order valence-corrected chi connectivity index (χ1v) is 6.34. The van der Waals surface area contributed by atoms with Gasteiger partial charge in [0.2, 0.25) is 0 Å². The molecular weight excluding hydrogens is 210 g/mol. The van der Waals surface area contributed by atoms with Crippen LogP contribution in [-0.4, -0.2) is 26.2 Å². The lowest BCUT2D eigenvalue weighted by Gasteiger charge is -2.31. The highest BCUT2D eigenvalue weighted by molar-refractivity contribution is 5.60. The molecule has 0 aliphatic carbocycles. The molecule has 0 saturated carbocycles. The first kappa shape index (κ1) is 11.9. The van der Waals surface area contributed by atoms with E-state index >= 15 is 0 Å². The van der Waals surface area contributed by atoms with Gasteiger partial charge in [0.1, 0.15) is 0 Å². The number of nitrogens with zero attached hydrogens (tertiary/aromatic N) is 2. The molecule has 0 aromatic heterocycles. The molecule has 17 heavy (non-hydrogen) atoms. The molecule has 0 bridgehead atoms. The number of nitrogens with one attached hydrogen (secondary N) is 1. The van der Waals surface area contributed by atoms with Crippen molar-refractivity contribution in [1.82, 2.24) is 5.32 Å². The smallest absolute Gasteiger partial charge is 0.0995 e. The van der Waals surface area contributed by atoms with E-state index < -0.39 is 0 Å². The molecule has 3 heteroatoms. The van der Waals surface area contributed by atoms with Crippen LogP contribution in [0.15, 0.2) is 18.2 Å². The number of rotatable bonds is 3. The summed E-state index contributed by atoms with van der Waals surface area (Å²) in [7, 11) is 0. The first-order valence-electron chi connectivity index (χ1n) is 6.34. The quantitative estimate of drug-likeness (QED) is 0.860. The van der Waals surface area contributed by atoms with Crippen molar-refractivity contribution in [3.63, 3.8) is 0 Å². The van der Waals surface area contributed by atoms with E-state index in [1.807, 2.05) is 12.1 Å². The summed E-state index contributed by atoms with van der Waals surface area (Å²) in [5.74, 6) is 0. The van der Waals surface area contributed by atoms with Crippen LogP contribution in [0, 0.1) is 11.3 Å². The molecule has 1 fully saturated rings. The molecule has 0 amide bonds. The van der Waals surface area contributed by atoms with Gasteiger partial charge in [-0.05, 0) is 24.1 Å². The van der Waals surface area contributed by atoms with Gasteiger partial charge in [0.05, 0.1) is 11.6 Å². The molecule has 1 aliphatic heterocycles. The number of hydrogen-bond donors (Lipinski definition) is 1. The van der Waals surface area contributed by atoms with E-state index in [2.05, 4.69) is 29.3 Å². The predicted octanol–water partition coefficient (Wildman–Crippen LogP) is 1.92. The Morgan fingerprint density at radius 2 is 2.12 bits per heavy atom. The third kappa shape index (κ3) is 2.59. The topological polar surface area (TPSA) is 39.1 Å². The summed E-state index contributed by atoms with van der Waals surface area (Å²) in [6.45, 7) is 6.29. The molecule has 0 spiro atoms. The Morgan fingerprint density at radius 3 is 2.76 bits per heavy atom. The molecule has 90 valence electrons. The van der Waals surface area contributed by atoms with Crippen molar-refractivity contribution < 1.29 is 0 Å². The van der Waals surface area contributed by atoms with Gasteiger partial charge in [-0.15, -0.1) is 0 Å². The summed E-state index contributed by atoms with van der Waals surface area (Å²) < 4.78 is 0. The maximum atomic E-state index is 9.19. The van der Waals surface area contributed by atoms with Crippen molar-refractivity contribution in [1.29, 1.82) is 5.26 Å². The molecule has 0 unspecified atom stereocenters. The Kier molecular flexibility index (Phi) is 4.00. The lowest BCUT2D eigenvalue weighted by atomic mass is 10.0. The molecule has 2 rings (SSSR count). The Bertz CT molecular complexity index is 414. The minimum absolute atomic E-state index is 0.836. The van der Waals surface area contributed by atoms with E-state index in [1.54, 1.807) is 0 Å². The predicted molar refractivity (Wildman–Crippen MR) is 70.2 cm³/mol. The Labute approximate surface area is 103 Å². The van der Waals surface area contributed by atoms with Gasteiger partial charge in [-0.1, -0.05) is 19.4 Å². The van der Waals surface area contributed by atoms with E-state index in [9.17, 15) is 5.26 Å². The lowest BCUT2D eigenvalue weighted by Crippen LogP contribution is -2.44. The van der Waals surface area contributed by atoms with Gasteiger partial charge in [-0.25, -0.2) is 0 Å². The number of nitriles is 1. The van der Waals surface area contributed by atoms with E-state index in [-0.39, 0.29) is 0 Å². The van der Waals surface area contributed by atoms with Gasteiger partial charge in [0, 0.05) is 31.9 Å². The summed E-state index contributed by atoms with van der Waals surface area (Å²) in [5, 5.41) is 12.5. The Balaban J connectivity index is 2.34. The monoisotopic (exact) mass is 229 g/mol. The molecule has 0 atom stereocenters. The minimum atomic E-state index is 0.836. The molecule has 1 heterocycles. The van der Waals surface area contributed by atoms with Crippen LogP contribution >= 0.6 is 0 Å². The summed E-state index contributed by atoms with van der Waals surface area (Å²) in [5.41, 5.74) is 3.31. The zero-order valence-corrected chi connectivity index (χ0v) is 10.4. The summed E-state index contributed by atoms with van der Waals surface area (Å²) in [6.07, 6.45) is 2.07. The highest BCUT2D eigenvalue weighted by Crippen LogP contribution is 2.25. The highest BCUT2D eigenvalue weighted by Gasteiger charge is 2.15. The second-order valence-corrected chi connectivity index (χ2v) is 4.40. The van der Waals surface area contributed by atoms with Gasteiger partial charge in [0.25, 0.3) is 0 Å². The van der Waals surface area contributed by atoms with Crippen LogP contribution < -0.4 is 10.2 Å². The van der Waals surface area contributed by atoms with Gasteiger partial charge in [-0.3, -0.25) is 0 Å². The maximum Gasteiger partial charge on any atom is 0.0995 e. The molecule has 1 aromatic rings. The Hall–Kier alpha value is -1.53. The number of anilines is 1. The number of benzene rings is 1. The summed E-state index contributed by atoms with van der Waals surface area (Å²) >= 11 is 0. The van der Waals surface area contributed by atoms with Crippen molar-refractivity contribution in [3.05, 3.63) is 29.3 Å². The molecule has 1 aliphatic rings. The zero-order chi connectivity index (χ0) is 12.1. The van der Waals surface area contributed by atoms with Crippen LogP contribution in [0.4, 0.5) is 5.69 Å². The largest absolute Gasteiger partial charge is 0.369 e. The van der Waals surface area contributed by atoms with Crippen molar-refractivity contribution >= 4 is 5.69 Å². The van der Waals surface area contributed by atoms with Gasteiger partial charge < -0.3 is 10.2 Å². The fraction of sp³-hybridized carbons (Fsp3) is 0.500. The van der Waals surface area contributed by atoms with Crippen LogP contribution in [0.2, 0.25) is 0 Å². The fourth-order valence-electron chi connectivity index (χ4n) is 2.39. The van der Waals surface area contributed by atoms with Crippen LogP contribution in [0.3, 0.4) is 0 Å². The molecule has 0 radical (unpaired) electrons. The van der Waals surface area contributed by atoms with Gasteiger partial charge in [-0.2, -0.15) is 5.26 Å². The molecule has 1 saturated heterocycles. The third-order valence-electron chi connectivity index (χ3n) is 3.23. The first-order chi connectivity index (χ1) is 8.36. The molecule has 3 nitrogen and oxygen atoms in total. The number of hydrogen-bond acceptors (Lipinski definition) is 3. The molecular formula is C14H19N3. The van der Waals surface area contributed by atoms with Gasteiger partial charge >= 0.3 is 0 Å². The average molecular weight is 229 g/mol. The normalized spacial score (nSPS) is 15.6. The third-order valence-corrected chi connectivity index (χ3v) is 3.23. The summed E-state index contributed by atoms with van der Waals surface area (Å²) in [6, 6.07) is 8.39. The molecule has 1 N–H and O–H groups in total. The van der Waals surface area contributed by atoms with Crippen molar-refractivity contribution in [2.24, 2.45) is 0 Å². The SMILES string of the molecule is CCCc1c(C#N)cccc1N1CCNCC1. The van der Waals surface area contributed by atoms with E-state index in [1.165, 1.54) is 11.3 Å². The van der Waals surface area contributed by atoms with Crippen LogP contribution in [-0.2, 0) is 6.42 Å². The van der Waals surface area contributed by atoms with Crippen LogP contribution in [0.25, 0.3) is 0 Å². The second-order valence-electron chi connectivity index (χ2n) is 4.40. The van der Waals surface area contributed by atoms with Crippen molar-refractivity contribution in [2.45, 2.75) is 19.8 Å². The zero-order valence-electron chi connectivity index (χ0n) is 10.4. The van der Waals surface area contributed by atoms with Crippen LogP contribution in [0.5, 0.6) is 0 Å². The summed E-state index contributed by atoms with van der Waals surface area (Å²) in [4.78, 5) is 2.39. The minimum Gasteiger partial charge on any atom is -0.369 e. The average Bonchev–Trinajstić information content (AvgIpc) is 2.40. The van der Waals surface area contributed by atoms with Gasteiger partial charge in [0.15, 0.2) is 0 Å². The van der Waals surface area contributed by atoms with Crippen molar-refractivity contribution in [3.8, 4) is 6.07 Å². The van der Waals surface area contributed by atoms with E-state index in [0.717, 1.165) is 44.6 Å². The molecule has 1 aromatic carbocycles. The fourth-order valence-corrected chi connectivity index (χ4v) is 2.39. The highest BCUT2D eigenvalue weighted by atomic mass is 15.2. The Morgan fingerprint density at radius 1 is 1.35 bits per heavy atom. The second kappa shape index (κ2) is 5.70.